The molecule has 0 saturated heterocycles. The lowest BCUT2D eigenvalue weighted by atomic mass is 9.41. The van der Waals surface area contributed by atoms with E-state index in [9.17, 15) is 24.6 Å². The number of carbonyl (C=O) groups is 3. The van der Waals surface area contributed by atoms with Crippen molar-refractivity contribution in [1.82, 2.24) is 0 Å². The maximum Gasteiger partial charge on any atom is 0.309 e. The minimum Gasteiger partial charge on any atom is -0.469 e. The van der Waals surface area contributed by atoms with Crippen molar-refractivity contribution in [1.29, 1.82) is 0 Å². The second-order valence-electron chi connectivity index (χ2n) is 11.2. The van der Waals surface area contributed by atoms with Crippen LogP contribution in [0.3, 0.4) is 0 Å². The Balaban J connectivity index is 1.70. The van der Waals surface area contributed by atoms with Crippen molar-refractivity contribution in [2.75, 3.05) is 13.7 Å². The molecule has 4 aliphatic carbocycles. The lowest BCUT2D eigenvalue weighted by Gasteiger charge is -2.66. The number of fused-ring (bicyclic) bond motifs is 5. The highest BCUT2D eigenvalue weighted by molar-refractivity contribution is 5.74. The number of aliphatic hydroxyl groups is 2. The Kier molecular flexibility index (Phi) is 6.09. The zero-order valence-corrected chi connectivity index (χ0v) is 20.2. The molecular weight excluding hydrogens is 428 g/mol. The molecule has 0 aromatic heterocycles. The quantitative estimate of drug-likeness (QED) is 0.479. The van der Waals surface area contributed by atoms with Gasteiger partial charge in [0.05, 0.1) is 30.8 Å². The Morgan fingerprint density at radius 3 is 2.24 bits per heavy atom. The molecule has 8 atom stereocenters. The minimum atomic E-state index is -1.16. The molecule has 8 nitrogen and oxygen atoms in total. The summed E-state index contributed by atoms with van der Waals surface area (Å²) in [5, 5.41) is 24.2. The molecule has 0 heterocycles. The van der Waals surface area contributed by atoms with E-state index in [2.05, 4.69) is 0 Å². The monoisotopic (exact) mass is 466 g/mol. The molecule has 0 bridgehead atoms. The molecule has 0 aliphatic heterocycles. The molecule has 186 valence electrons. The van der Waals surface area contributed by atoms with Gasteiger partial charge in [-0.25, -0.2) is 0 Å². The van der Waals surface area contributed by atoms with E-state index in [0.29, 0.717) is 51.4 Å². The van der Waals surface area contributed by atoms with Crippen molar-refractivity contribution in [2.24, 2.45) is 28.6 Å². The summed E-state index contributed by atoms with van der Waals surface area (Å²) in [4.78, 5) is 35.9. The van der Waals surface area contributed by atoms with E-state index in [1.165, 1.54) is 21.0 Å². The molecule has 4 rings (SSSR count). The number of esters is 3. The van der Waals surface area contributed by atoms with Gasteiger partial charge in [-0.1, -0.05) is 6.92 Å². The lowest BCUT2D eigenvalue weighted by molar-refractivity contribution is -0.272. The fourth-order valence-electron chi connectivity index (χ4n) is 8.37. The molecule has 0 amide bonds. The predicted octanol–water partition coefficient (Wildman–Crippen LogP) is 2.52. The molecule has 4 fully saturated rings. The molecule has 0 aromatic carbocycles. The van der Waals surface area contributed by atoms with Crippen molar-refractivity contribution in [3.8, 4) is 0 Å². The first-order chi connectivity index (χ1) is 15.4. The van der Waals surface area contributed by atoms with Gasteiger partial charge in [-0.15, -0.1) is 0 Å². The van der Waals surface area contributed by atoms with Crippen LogP contribution < -0.4 is 0 Å². The molecule has 0 unspecified atom stereocenters. The van der Waals surface area contributed by atoms with Crippen molar-refractivity contribution < 1.29 is 38.8 Å². The number of ether oxygens (including phenoxy) is 3. The summed E-state index contributed by atoms with van der Waals surface area (Å²) in [7, 11) is 1.39. The highest BCUT2D eigenvalue weighted by Gasteiger charge is 2.72. The Labute approximate surface area is 195 Å². The summed E-state index contributed by atoms with van der Waals surface area (Å²) in [6, 6.07) is 0. The van der Waals surface area contributed by atoms with Crippen molar-refractivity contribution in [2.45, 2.75) is 95.9 Å². The van der Waals surface area contributed by atoms with Gasteiger partial charge < -0.3 is 24.4 Å². The summed E-state index contributed by atoms with van der Waals surface area (Å²) in [6.07, 6.45) is 4.54. The second kappa shape index (κ2) is 8.22. The zero-order chi connectivity index (χ0) is 24.2. The average Bonchev–Trinajstić information content (AvgIpc) is 3.02. The van der Waals surface area contributed by atoms with Crippen LogP contribution in [0.1, 0.15) is 78.6 Å². The van der Waals surface area contributed by atoms with Crippen LogP contribution in [0.4, 0.5) is 0 Å². The number of methoxy groups -OCH3 is 1. The topological polar surface area (TPSA) is 119 Å². The van der Waals surface area contributed by atoms with Crippen LogP contribution in [0.15, 0.2) is 0 Å². The summed E-state index contributed by atoms with van der Waals surface area (Å²) in [5.74, 6) is -1.57. The maximum atomic E-state index is 12.5. The molecule has 0 spiro atoms. The van der Waals surface area contributed by atoms with E-state index in [0.717, 1.165) is 6.42 Å². The SMILES string of the molecule is COC(=O)[C@@H]1CC[C@]2(O)[C@H]3CC[C@@]4(O)C[C@@H](OC(C)=O)CC[C@]4(COC(C)=O)[C@@H]3CC[C@@]12C. The van der Waals surface area contributed by atoms with Gasteiger partial charge in [-0.2, -0.15) is 0 Å². The maximum absolute atomic E-state index is 12.5. The minimum absolute atomic E-state index is 0.0663. The Bertz CT molecular complexity index is 827. The largest absolute Gasteiger partial charge is 0.469 e. The predicted molar refractivity (Wildman–Crippen MR) is 117 cm³/mol. The van der Waals surface area contributed by atoms with Crippen LogP contribution in [-0.2, 0) is 28.6 Å². The summed E-state index contributed by atoms with van der Waals surface area (Å²) >= 11 is 0. The van der Waals surface area contributed by atoms with E-state index < -0.39 is 28.0 Å². The van der Waals surface area contributed by atoms with Crippen LogP contribution in [-0.4, -0.2) is 59.1 Å². The van der Waals surface area contributed by atoms with Gasteiger partial charge in [-0.3, -0.25) is 14.4 Å². The molecule has 2 N–H and O–H groups in total. The fourth-order valence-corrected chi connectivity index (χ4v) is 8.37. The van der Waals surface area contributed by atoms with E-state index >= 15 is 0 Å². The van der Waals surface area contributed by atoms with E-state index in [1.807, 2.05) is 6.92 Å². The molecule has 8 heteroatoms. The normalized spacial score (nSPS) is 46.4. The molecule has 0 radical (unpaired) electrons. The van der Waals surface area contributed by atoms with Crippen molar-refractivity contribution in [3.05, 3.63) is 0 Å². The first-order valence-electron chi connectivity index (χ1n) is 12.3. The van der Waals surface area contributed by atoms with Gasteiger partial charge in [-0.05, 0) is 63.2 Å². The van der Waals surface area contributed by atoms with Gasteiger partial charge in [0.2, 0.25) is 0 Å². The van der Waals surface area contributed by atoms with Crippen LogP contribution in [0.2, 0.25) is 0 Å². The van der Waals surface area contributed by atoms with Crippen LogP contribution in [0.5, 0.6) is 0 Å². The van der Waals surface area contributed by atoms with Gasteiger partial charge >= 0.3 is 17.9 Å². The number of carbonyl (C=O) groups excluding carboxylic acids is 3. The van der Waals surface area contributed by atoms with E-state index in [-0.39, 0.29) is 42.4 Å². The number of hydrogen-bond donors (Lipinski definition) is 2. The van der Waals surface area contributed by atoms with Crippen LogP contribution >= 0.6 is 0 Å². The van der Waals surface area contributed by atoms with Crippen LogP contribution in [0, 0.1) is 28.6 Å². The lowest BCUT2D eigenvalue weighted by Crippen LogP contribution is -2.69. The standard InChI is InChI=1S/C25H38O8/c1-15(26)32-14-23-10-5-17(33-16(2)27)13-24(23,29)11-7-19-18(23)6-9-22(3)20(21(28)31-4)8-12-25(19,22)30/h17-20,29-30H,5-14H2,1-4H3/t17-,18+,19-,20-,22-,23-,24+,25-/m0/s1. The third kappa shape index (κ3) is 3.51. The van der Waals surface area contributed by atoms with Crippen molar-refractivity contribution in [3.63, 3.8) is 0 Å². The molecule has 4 aliphatic rings. The molecule has 33 heavy (non-hydrogen) atoms. The first kappa shape index (κ1) is 24.5. The summed E-state index contributed by atoms with van der Waals surface area (Å²) in [6.45, 7) is 4.83. The van der Waals surface area contributed by atoms with Gasteiger partial charge in [0.15, 0.2) is 0 Å². The van der Waals surface area contributed by atoms with E-state index in [4.69, 9.17) is 14.2 Å². The third-order valence-corrected chi connectivity index (χ3v) is 9.98. The highest BCUT2D eigenvalue weighted by Crippen LogP contribution is 2.70. The fraction of sp³-hybridized carbons (Fsp3) is 0.880. The summed E-state index contributed by atoms with van der Waals surface area (Å²) < 4.78 is 16.1. The third-order valence-electron chi connectivity index (χ3n) is 9.98. The Morgan fingerprint density at radius 1 is 0.909 bits per heavy atom. The number of rotatable bonds is 4. The van der Waals surface area contributed by atoms with Crippen LogP contribution in [0.25, 0.3) is 0 Å². The Hall–Kier alpha value is -1.67. The second-order valence-corrected chi connectivity index (χ2v) is 11.2. The smallest absolute Gasteiger partial charge is 0.309 e. The van der Waals surface area contributed by atoms with Gasteiger partial charge in [0.1, 0.15) is 6.10 Å². The van der Waals surface area contributed by atoms with Gasteiger partial charge in [0, 0.05) is 31.1 Å². The Morgan fingerprint density at radius 2 is 1.61 bits per heavy atom. The summed E-state index contributed by atoms with van der Waals surface area (Å²) in [5.41, 5.74) is -3.52. The first-order valence-corrected chi connectivity index (χ1v) is 12.3. The number of hydrogen-bond acceptors (Lipinski definition) is 8. The molecule has 0 aromatic rings. The van der Waals surface area contributed by atoms with Crippen molar-refractivity contribution >= 4 is 17.9 Å². The zero-order valence-electron chi connectivity index (χ0n) is 20.2. The molecular formula is C25H38O8. The average molecular weight is 467 g/mol. The molecule has 4 saturated carbocycles. The highest BCUT2D eigenvalue weighted by atomic mass is 16.5. The van der Waals surface area contributed by atoms with E-state index in [1.54, 1.807) is 0 Å². The van der Waals surface area contributed by atoms with Gasteiger partial charge in [0.25, 0.3) is 0 Å².